The molecule has 4 rings (SSSR count). The van der Waals surface area contributed by atoms with E-state index in [4.69, 9.17) is 0 Å². The summed E-state index contributed by atoms with van der Waals surface area (Å²) < 4.78 is 0. The Balaban J connectivity index is 1.89. The van der Waals surface area contributed by atoms with Gasteiger partial charge < -0.3 is 0 Å². The van der Waals surface area contributed by atoms with Gasteiger partial charge in [-0.25, -0.2) is 0 Å². The Hall–Kier alpha value is -2.43. The molecule has 0 atom stereocenters. The molecule has 0 saturated carbocycles. The van der Waals surface area contributed by atoms with Crippen LogP contribution in [0.1, 0.15) is 18.4 Å². The van der Waals surface area contributed by atoms with E-state index in [0.717, 1.165) is 12.8 Å². The first-order chi connectivity index (χ1) is 12.4. The highest BCUT2D eigenvalue weighted by atomic mass is 31.1. The van der Waals surface area contributed by atoms with Crippen molar-refractivity contribution in [3.8, 4) is 0 Å². The Morgan fingerprint density at radius 1 is 0.600 bits per heavy atom. The second-order valence-corrected chi connectivity index (χ2v) is 8.35. The quantitative estimate of drug-likeness (QED) is 0.574. The molecule has 0 N–H and O–H groups in total. The van der Waals surface area contributed by atoms with Crippen LogP contribution in [-0.4, -0.2) is 0 Å². The molecule has 0 bridgehead atoms. The predicted molar refractivity (Wildman–Crippen MR) is 111 cm³/mol. The highest BCUT2D eigenvalue weighted by Crippen LogP contribution is 2.36. The van der Waals surface area contributed by atoms with Crippen molar-refractivity contribution in [2.75, 3.05) is 0 Å². The summed E-state index contributed by atoms with van der Waals surface area (Å²) >= 11 is 0. The minimum Gasteiger partial charge on any atom is -0.0836 e. The van der Waals surface area contributed by atoms with Gasteiger partial charge in [-0.1, -0.05) is 103 Å². The SMILES string of the molecule is C1=CC(c2ccccc2P(c2ccccc2)c2ccccc2)=CCC1. The van der Waals surface area contributed by atoms with Crippen LogP contribution in [0, 0.1) is 0 Å². The lowest BCUT2D eigenvalue weighted by Gasteiger charge is -2.23. The Bertz CT molecular complexity index is 852. The largest absolute Gasteiger partial charge is 0.0836 e. The molecule has 0 heterocycles. The summed E-state index contributed by atoms with van der Waals surface area (Å²) in [5, 5.41) is 4.24. The molecule has 3 aromatic carbocycles. The van der Waals surface area contributed by atoms with E-state index in [-0.39, 0.29) is 0 Å². The standard InChI is InChI=1S/C24H21P/c1-4-12-20(13-5-1)23-18-10-11-19-24(23)25(21-14-6-2-7-15-21)22-16-8-3-9-17-22/h2-4,6-19H,1,5H2. The zero-order valence-electron chi connectivity index (χ0n) is 14.2. The van der Waals surface area contributed by atoms with Gasteiger partial charge in [-0.3, -0.25) is 0 Å². The van der Waals surface area contributed by atoms with E-state index in [2.05, 4.69) is 103 Å². The average Bonchev–Trinajstić information content (AvgIpc) is 2.71. The lowest BCUT2D eigenvalue weighted by Crippen LogP contribution is -2.23. The van der Waals surface area contributed by atoms with E-state index in [9.17, 15) is 0 Å². The molecule has 0 unspecified atom stereocenters. The normalized spacial score (nSPS) is 13.7. The lowest BCUT2D eigenvalue weighted by atomic mass is 10.00. The number of benzene rings is 3. The zero-order chi connectivity index (χ0) is 16.9. The first-order valence-corrected chi connectivity index (χ1v) is 10.1. The van der Waals surface area contributed by atoms with Crippen molar-refractivity contribution in [2.24, 2.45) is 0 Å². The van der Waals surface area contributed by atoms with Crippen LogP contribution in [0.2, 0.25) is 0 Å². The van der Waals surface area contributed by atoms with Crippen molar-refractivity contribution in [3.63, 3.8) is 0 Å². The molecular weight excluding hydrogens is 319 g/mol. The zero-order valence-corrected chi connectivity index (χ0v) is 15.1. The molecule has 0 amide bonds. The van der Waals surface area contributed by atoms with Crippen molar-refractivity contribution in [1.82, 2.24) is 0 Å². The third-order valence-electron chi connectivity index (χ3n) is 4.48. The van der Waals surface area contributed by atoms with Gasteiger partial charge in [-0.15, -0.1) is 0 Å². The van der Waals surface area contributed by atoms with Crippen molar-refractivity contribution in [3.05, 3.63) is 109 Å². The molecule has 122 valence electrons. The van der Waals surface area contributed by atoms with E-state index in [1.807, 2.05) is 0 Å². The molecule has 0 aromatic heterocycles. The third kappa shape index (κ3) is 3.50. The summed E-state index contributed by atoms with van der Waals surface area (Å²) in [6, 6.07) is 30.8. The molecule has 1 heteroatoms. The van der Waals surface area contributed by atoms with Crippen LogP contribution in [0.5, 0.6) is 0 Å². The predicted octanol–water partition coefficient (Wildman–Crippen LogP) is 5.18. The summed E-state index contributed by atoms with van der Waals surface area (Å²) in [7, 11) is -0.566. The Kier molecular flexibility index (Phi) is 4.91. The summed E-state index contributed by atoms with van der Waals surface area (Å²) in [6.45, 7) is 0. The fourth-order valence-corrected chi connectivity index (χ4v) is 5.78. The maximum Gasteiger partial charge on any atom is -0.00727 e. The minimum absolute atomic E-state index is 0.566. The van der Waals surface area contributed by atoms with Gasteiger partial charge in [0.05, 0.1) is 0 Å². The third-order valence-corrected chi connectivity index (χ3v) is 6.98. The van der Waals surface area contributed by atoms with Gasteiger partial charge in [0.15, 0.2) is 0 Å². The summed E-state index contributed by atoms with van der Waals surface area (Å²) in [4.78, 5) is 0. The second kappa shape index (κ2) is 7.64. The Morgan fingerprint density at radius 3 is 1.80 bits per heavy atom. The van der Waals surface area contributed by atoms with Crippen LogP contribution in [0.4, 0.5) is 0 Å². The molecule has 25 heavy (non-hydrogen) atoms. The first-order valence-electron chi connectivity index (χ1n) is 8.80. The molecule has 0 fully saturated rings. The molecule has 0 saturated heterocycles. The molecule has 1 aliphatic carbocycles. The number of hydrogen-bond donors (Lipinski definition) is 0. The first kappa shape index (κ1) is 16.1. The Morgan fingerprint density at radius 2 is 1.20 bits per heavy atom. The molecule has 0 spiro atoms. The fraction of sp³-hybridized carbons (Fsp3) is 0.0833. The van der Waals surface area contributed by atoms with Crippen LogP contribution in [0.25, 0.3) is 5.57 Å². The van der Waals surface area contributed by atoms with Crippen molar-refractivity contribution >= 4 is 29.4 Å². The van der Waals surface area contributed by atoms with E-state index in [1.54, 1.807) is 0 Å². The van der Waals surface area contributed by atoms with Crippen molar-refractivity contribution in [2.45, 2.75) is 12.8 Å². The van der Waals surface area contributed by atoms with Gasteiger partial charge in [-0.2, -0.15) is 0 Å². The van der Waals surface area contributed by atoms with Gasteiger partial charge in [0.2, 0.25) is 0 Å². The summed E-state index contributed by atoms with van der Waals surface area (Å²) in [5.74, 6) is 0. The number of rotatable bonds is 4. The number of hydrogen-bond acceptors (Lipinski definition) is 0. The Labute approximate surface area is 151 Å². The summed E-state index contributed by atoms with van der Waals surface area (Å²) in [6.07, 6.45) is 9.24. The lowest BCUT2D eigenvalue weighted by molar-refractivity contribution is 1.04. The minimum atomic E-state index is -0.566. The number of allylic oxidation sites excluding steroid dienone is 4. The summed E-state index contributed by atoms with van der Waals surface area (Å²) in [5.41, 5.74) is 2.73. The molecule has 0 nitrogen and oxygen atoms in total. The smallest absolute Gasteiger partial charge is 0.00727 e. The highest BCUT2D eigenvalue weighted by Gasteiger charge is 2.20. The van der Waals surface area contributed by atoms with E-state index >= 15 is 0 Å². The average molecular weight is 340 g/mol. The van der Waals surface area contributed by atoms with Crippen LogP contribution in [0.3, 0.4) is 0 Å². The maximum atomic E-state index is 2.38. The van der Waals surface area contributed by atoms with E-state index in [0.29, 0.717) is 0 Å². The maximum absolute atomic E-state index is 2.38. The van der Waals surface area contributed by atoms with Gasteiger partial charge >= 0.3 is 0 Å². The van der Waals surface area contributed by atoms with Gasteiger partial charge in [-0.05, 0) is 47.8 Å². The van der Waals surface area contributed by atoms with Crippen molar-refractivity contribution in [1.29, 1.82) is 0 Å². The fourth-order valence-electron chi connectivity index (χ4n) is 3.31. The molecule has 0 radical (unpaired) electrons. The highest BCUT2D eigenvalue weighted by molar-refractivity contribution is 7.80. The monoisotopic (exact) mass is 340 g/mol. The topological polar surface area (TPSA) is 0 Å². The van der Waals surface area contributed by atoms with Crippen LogP contribution >= 0.6 is 7.92 Å². The molecule has 0 aliphatic heterocycles. The van der Waals surface area contributed by atoms with Crippen LogP contribution in [-0.2, 0) is 0 Å². The molecule has 1 aliphatic rings. The second-order valence-electron chi connectivity index (χ2n) is 6.16. The van der Waals surface area contributed by atoms with Crippen molar-refractivity contribution < 1.29 is 0 Å². The van der Waals surface area contributed by atoms with E-state index < -0.39 is 7.92 Å². The van der Waals surface area contributed by atoms with Gasteiger partial charge in [0, 0.05) is 0 Å². The molecular formula is C24H21P. The van der Waals surface area contributed by atoms with Gasteiger partial charge in [0.25, 0.3) is 0 Å². The molecule has 3 aromatic rings. The van der Waals surface area contributed by atoms with Gasteiger partial charge in [0.1, 0.15) is 0 Å². The van der Waals surface area contributed by atoms with E-state index in [1.165, 1.54) is 27.1 Å². The van der Waals surface area contributed by atoms with Crippen LogP contribution < -0.4 is 15.9 Å². The van der Waals surface area contributed by atoms with Crippen LogP contribution in [0.15, 0.2) is 103 Å².